The Hall–Kier alpha value is -2.95. The van der Waals surface area contributed by atoms with E-state index in [0.29, 0.717) is 27.9 Å². The molecule has 0 bridgehead atoms. The average Bonchev–Trinajstić information content (AvgIpc) is 3.51. The lowest BCUT2D eigenvalue weighted by molar-refractivity contribution is -0.115. The van der Waals surface area contributed by atoms with Gasteiger partial charge in [-0.25, -0.2) is 9.97 Å². The van der Waals surface area contributed by atoms with Crippen LogP contribution in [0.15, 0.2) is 46.1 Å². The number of benzene rings is 2. The number of amides is 1. The predicted octanol–water partition coefficient (Wildman–Crippen LogP) is 4.95. The molecule has 0 aliphatic carbocycles. The number of anilines is 1. The van der Waals surface area contributed by atoms with Crippen molar-refractivity contribution >= 4 is 61.5 Å². The summed E-state index contributed by atoms with van der Waals surface area (Å²) < 4.78 is 12.4. The van der Waals surface area contributed by atoms with Gasteiger partial charge in [-0.15, -0.1) is 11.3 Å². The third-order valence-electron chi connectivity index (χ3n) is 4.76. The van der Waals surface area contributed by atoms with E-state index in [9.17, 15) is 9.59 Å². The van der Waals surface area contributed by atoms with E-state index in [2.05, 4.69) is 15.3 Å². The normalized spacial score (nSPS) is 12.3. The van der Waals surface area contributed by atoms with Gasteiger partial charge in [0, 0.05) is 10.9 Å². The monoisotopic (exact) mass is 483 g/mol. The molecule has 1 aliphatic heterocycles. The highest BCUT2D eigenvalue weighted by atomic mass is 32.2. The number of hydrogen-bond acceptors (Lipinski definition) is 9. The van der Waals surface area contributed by atoms with E-state index in [1.165, 1.54) is 34.4 Å². The van der Waals surface area contributed by atoms with Gasteiger partial charge in [0.05, 0.1) is 28.1 Å². The zero-order chi connectivity index (χ0) is 22.1. The van der Waals surface area contributed by atoms with Crippen LogP contribution in [0.5, 0.6) is 11.5 Å². The van der Waals surface area contributed by atoms with Crippen molar-refractivity contribution in [3.8, 4) is 11.5 Å². The second-order valence-corrected chi connectivity index (χ2v) is 10.2. The number of ketones is 1. The van der Waals surface area contributed by atoms with Crippen LogP contribution in [-0.2, 0) is 11.2 Å². The Labute approximate surface area is 195 Å². The molecule has 3 heterocycles. The van der Waals surface area contributed by atoms with E-state index in [4.69, 9.17) is 9.47 Å². The topological polar surface area (TPSA) is 90.4 Å². The van der Waals surface area contributed by atoms with Crippen LogP contribution in [-0.4, -0.2) is 34.2 Å². The molecule has 10 heteroatoms. The van der Waals surface area contributed by atoms with Crippen LogP contribution < -0.4 is 14.8 Å². The first-order chi connectivity index (χ1) is 15.5. The van der Waals surface area contributed by atoms with Gasteiger partial charge in [0.1, 0.15) is 0 Å². The smallest absolute Gasteiger partial charge is 0.232 e. The van der Waals surface area contributed by atoms with Crippen LogP contribution in [0.25, 0.3) is 10.2 Å². The highest BCUT2D eigenvalue weighted by Gasteiger charge is 2.17. The number of ether oxygens (including phenoxy) is 2. The molecule has 5 rings (SSSR count). The summed E-state index contributed by atoms with van der Waals surface area (Å²) in [5.74, 6) is 1.31. The maximum absolute atomic E-state index is 12.5. The number of carbonyl (C=O) groups is 2. The number of carbonyl (C=O) groups excluding carboxylic acids is 2. The van der Waals surface area contributed by atoms with Crippen molar-refractivity contribution in [2.45, 2.75) is 17.7 Å². The first-order valence-electron chi connectivity index (χ1n) is 9.71. The Kier molecular flexibility index (Phi) is 5.81. The Bertz CT molecular complexity index is 1330. The molecule has 0 spiro atoms. The van der Waals surface area contributed by atoms with Gasteiger partial charge in [-0.05, 0) is 36.8 Å². The van der Waals surface area contributed by atoms with E-state index in [-0.39, 0.29) is 30.7 Å². The minimum atomic E-state index is -0.167. The summed E-state index contributed by atoms with van der Waals surface area (Å²) in [4.78, 5) is 33.9. The number of thioether (sulfide) groups is 1. The van der Waals surface area contributed by atoms with Gasteiger partial charge in [-0.3, -0.25) is 9.59 Å². The summed E-state index contributed by atoms with van der Waals surface area (Å²) in [7, 11) is 0. The molecule has 32 heavy (non-hydrogen) atoms. The lowest BCUT2D eigenvalue weighted by atomic mass is 10.1. The zero-order valence-electron chi connectivity index (χ0n) is 16.9. The summed E-state index contributed by atoms with van der Waals surface area (Å²) in [6, 6.07) is 11.1. The second kappa shape index (κ2) is 8.89. The molecular weight excluding hydrogens is 466 g/mol. The van der Waals surface area contributed by atoms with Crippen molar-refractivity contribution in [2.24, 2.45) is 0 Å². The number of para-hydroxylation sites is 1. The van der Waals surface area contributed by atoms with Gasteiger partial charge < -0.3 is 14.8 Å². The number of fused-ring (bicyclic) bond motifs is 2. The Morgan fingerprint density at radius 1 is 1.16 bits per heavy atom. The van der Waals surface area contributed by atoms with E-state index < -0.39 is 0 Å². The van der Waals surface area contributed by atoms with E-state index >= 15 is 0 Å². The number of thiazole rings is 2. The van der Waals surface area contributed by atoms with Crippen LogP contribution in [0.3, 0.4) is 0 Å². The lowest BCUT2D eigenvalue weighted by Gasteiger charge is -2.01. The number of Topliss-reactive ketones (excluding diaryl/α,β-unsaturated/α-hetero) is 1. The minimum absolute atomic E-state index is 0.0195. The summed E-state index contributed by atoms with van der Waals surface area (Å²) in [6.45, 7) is 2.18. The van der Waals surface area contributed by atoms with Crippen LogP contribution >= 0.6 is 34.4 Å². The molecule has 0 fully saturated rings. The van der Waals surface area contributed by atoms with E-state index in [1.807, 2.05) is 30.5 Å². The van der Waals surface area contributed by atoms with Crippen molar-refractivity contribution in [1.29, 1.82) is 0 Å². The molecule has 162 valence electrons. The standard InChI is InChI=1S/C22H17N3O4S3/c1-12-3-2-4-18-20(12)25-21(32-18)24-19(27)8-14-9-30-22(23-14)31-10-15(26)13-5-6-16-17(7-13)29-11-28-16/h2-7,9H,8,10-11H2,1H3,(H,24,25,27). The van der Waals surface area contributed by atoms with Crippen LogP contribution in [0.1, 0.15) is 21.6 Å². The molecule has 1 amide bonds. The molecule has 0 saturated carbocycles. The molecule has 7 nitrogen and oxygen atoms in total. The Morgan fingerprint density at radius 3 is 2.91 bits per heavy atom. The first-order valence-corrected chi connectivity index (χ1v) is 12.4. The summed E-state index contributed by atoms with van der Waals surface area (Å²) in [5.41, 5.74) is 3.23. The van der Waals surface area contributed by atoms with Crippen LogP contribution in [0.2, 0.25) is 0 Å². The Balaban J connectivity index is 1.16. The van der Waals surface area contributed by atoms with Crippen LogP contribution in [0.4, 0.5) is 5.13 Å². The number of nitrogens with zero attached hydrogens (tertiary/aromatic N) is 2. The summed E-state index contributed by atoms with van der Waals surface area (Å²) >= 11 is 4.23. The highest BCUT2D eigenvalue weighted by Crippen LogP contribution is 2.33. The van der Waals surface area contributed by atoms with Gasteiger partial charge >= 0.3 is 0 Å². The van der Waals surface area contributed by atoms with Crippen molar-refractivity contribution < 1.29 is 19.1 Å². The molecule has 0 radical (unpaired) electrons. The fourth-order valence-corrected chi connectivity index (χ4v) is 5.88. The quantitative estimate of drug-likeness (QED) is 0.294. The molecule has 4 aromatic rings. The van der Waals surface area contributed by atoms with Crippen molar-refractivity contribution in [1.82, 2.24) is 9.97 Å². The largest absolute Gasteiger partial charge is 0.454 e. The highest BCUT2D eigenvalue weighted by molar-refractivity contribution is 8.01. The number of rotatable bonds is 7. The third kappa shape index (κ3) is 4.47. The maximum atomic E-state index is 12.5. The van der Waals surface area contributed by atoms with Gasteiger partial charge in [0.25, 0.3) is 0 Å². The second-order valence-electron chi connectivity index (χ2n) is 7.05. The SMILES string of the molecule is Cc1cccc2sc(NC(=O)Cc3csc(SCC(=O)c4ccc5c(c4)OCO5)n3)nc12. The first kappa shape index (κ1) is 20.9. The fraction of sp³-hybridized carbons (Fsp3) is 0.182. The molecule has 2 aromatic carbocycles. The number of aryl methyl sites for hydroxylation is 1. The molecule has 1 aliphatic rings. The average molecular weight is 484 g/mol. The van der Waals surface area contributed by atoms with Crippen molar-refractivity contribution in [3.05, 3.63) is 58.6 Å². The predicted molar refractivity (Wildman–Crippen MR) is 126 cm³/mol. The number of hydrogen-bond donors (Lipinski definition) is 1. The fourth-order valence-electron chi connectivity index (χ4n) is 3.18. The molecule has 2 aromatic heterocycles. The van der Waals surface area contributed by atoms with Gasteiger partial charge in [-0.2, -0.15) is 0 Å². The summed E-state index contributed by atoms with van der Waals surface area (Å²) in [5, 5.41) is 5.28. The lowest BCUT2D eigenvalue weighted by Crippen LogP contribution is -2.14. The van der Waals surface area contributed by atoms with E-state index in [1.54, 1.807) is 18.2 Å². The molecule has 0 atom stereocenters. The number of nitrogens with one attached hydrogen (secondary N) is 1. The van der Waals surface area contributed by atoms with Crippen LogP contribution in [0, 0.1) is 6.92 Å². The third-order valence-corrected chi connectivity index (χ3v) is 7.77. The Morgan fingerprint density at radius 2 is 2.03 bits per heavy atom. The maximum Gasteiger partial charge on any atom is 0.232 e. The molecule has 1 N–H and O–H groups in total. The molecule has 0 saturated heterocycles. The molecule has 0 unspecified atom stereocenters. The van der Waals surface area contributed by atoms with Gasteiger partial charge in [0.2, 0.25) is 12.7 Å². The number of aromatic nitrogens is 2. The van der Waals surface area contributed by atoms with Gasteiger partial charge in [0.15, 0.2) is 26.8 Å². The van der Waals surface area contributed by atoms with E-state index in [0.717, 1.165) is 20.1 Å². The summed E-state index contributed by atoms with van der Waals surface area (Å²) in [6.07, 6.45) is 0.155. The van der Waals surface area contributed by atoms with Gasteiger partial charge in [-0.1, -0.05) is 35.2 Å². The van der Waals surface area contributed by atoms with Crippen molar-refractivity contribution in [2.75, 3.05) is 17.9 Å². The molecular formula is C22H17N3O4S3. The zero-order valence-corrected chi connectivity index (χ0v) is 19.4. The van der Waals surface area contributed by atoms with Crippen molar-refractivity contribution in [3.63, 3.8) is 0 Å². The minimum Gasteiger partial charge on any atom is -0.454 e.